The number of nitrogens with one attached hydrogen (secondary N) is 1. The van der Waals surface area contributed by atoms with Crippen molar-refractivity contribution in [1.82, 2.24) is 0 Å². The monoisotopic (exact) mass is 296 g/mol. The molecule has 0 heterocycles. The summed E-state index contributed by atoms with van der Waals surface area (Å²) in [4.78, 5) is 24.3. The fourth-order valence-electron chi connectivity index (χ4n) is 2.17. The Morgan fingerprint density at radius 3 is 2.14 bits per heavy atom. The van der Waals surface area contributed by atoms with Crippen LogP contribution in [0.25, 0.3) is 0 Å². The topological polar surface area (TPSA) is 72.2 Å². The van der Waals surface area contributed by atoms with Gasteiger partial charge in [0.2, 0.25) is 5.91 Å². The lowest BCUT2D eigenvalue weighted by Crippen LogP contribution is -2.41. The Morgan fingerprint density at radius 2 is 1.55 bits per heavy atom. The molecule has 0 aliphatic carbocycles. The van der Waals surface area contributed by atoms with E-state index in [1.807, 2.05) is 43.3 Å². The summed E-state index contributed by atoms with van der Waals surface area (Å²) >= 11 is 0. The number of carbonyl (C=O) groups excluding carboxylic acids is 2. The lowest BCUT2D eigenvalue weighted by atomic mass is 9.93. The van der Waals surface area contributed by atoms with Gasteiger partial charge in [0.25, 0.3) is 0 Å². The Balaban J connectivity index is 1.92. The summed E-state index contributed by atoms with van der Waals surface area (Å²) in [5.41, 5.74) is 7.31. The second-order valence-corrected chi connectivity index (χ2v) is 5.35. The van der Waals surface area contributed by atoms with Gasteiger partial charge in [-0.05, 0) is 18.1 Å². The maximum absolute atomic E-state index is 12.2. The van der Waals surface area contributed by atoms with Crippen molar-refractivity contribution in [3.63, 3.8) is 0 Å². The number of nitrogens with two attached hydrogens (primary N) is 1. The van der Waals surface area contributed by atoms with Crippen LogP contribution in [0.4, 0.5) is 5.69 Å². The molecule has 0 bridgehead atoms. The second kappa shape index (κ2) is 7.52. The van der Waals surface area contributed by atoms with Gasteiger partial charge in [-0.3, -0.25) is 9.59 Å². The van der Waals surface area contributed by atoms with Crippen LogP contribution in [0.1, 0.15) is 23.7 Å². The number of ketones is 1. The first-order chi connectivity index (χ1) is 10.6. The molecule has 0 fully saturated rings. The maximum Gasteiger partial charge on any atom is 0.241 e. The fraction of sp³-hybridized carbons (Fsp3) is 0.222. The van der Waals surface area contributed by atoms with Gasteiger partial charge in [-0.15, -0.1) is 0 Å². The lowest BCUT2D eigenvalue weighted by Gasteiger charge is -2.18. The number of para-hydroxylation sites is 1. The minimum Gasteiger partial charge on any atom is -0.325 e. The van der Waals surface area contributed by atoms with Crippen molar-refractivity contribution >= 4 is 17.4 Å². The molecule has 2 unspecified atom stereocenters. The lowest BCUT2D eigenvalue weighted by molar-refractivity contribution is -0.118. The van der Waals surface area contributed by atoms with Crippen LogP contribution < -0.4 is 11.1 Å². The molecule has 2 aromatic carbocycles. The van der Waals surface area contributed by atoms with Crippen molar-refractivity contribution in [2.45, 2.75) is 19.4 Å². The molecular weight excluding hydrogens is 276 g/mol. The third-order valence-corrected chi connectivity index (χ3v) is 3.56. The third kappa shape index (κ3) is 4.27. The molecule has 22 heavy (non-hydrogen) atoms. The van der Waals surface area contributed by atoms with Crippen molar-refractivity contribution in [3.05, 3.63) is 66.2 Å². The normalized spacial score (nSPS) is 13.2. The first kappa shape index (κ1) is 15.9. The van der Waals surface area contributed by atoms with Crippen LogP contribution in [0, 0.1) is 5.92 Å². The molecule has 2 aromatic rings. The van der Waals surface area contributed by atoms with Gasteiger partial charge in [0, 0.05) is 17.7 Å². The van der Waals surface area contributed by atoms with Crippen LogP contribution in [-0.2, 0) is 4.79 Å². The van der Waals surface area contributed by atoms with Gasteiger partial charge in [-0.1, -0.05) is 55.5 Å². The highest BCUT2D eigenvalue weighted by Gasteiger charge is 2.23. The standard InChI is InChI=1S/C18H20N2O2/c1-13(12-16(21)14-8-4-2-5-9-14)17(19)18(22)20-15-10-6-3-7-11-15/h2-11,13,17H,12,19H2,1H3,(H,20,22). The Labute approximate surface area is 130 Å². The number of amides is 1. The van der Waals surface area contributed by atoms with Gasteiger partial charge in [0.1, 0.15) is 0 Å². The molecular formula is C18H20N2O2. The number of anilines is 1. The predicted octanol–water partition coefficient (Wildman–Crippen LogP) is 2.86. The van der Waals surface area contributed by atoms with Crippen LogP contribution in [0.3, 0.4) is 0 Å². The number of hydrogen-bond donors (Lipinski definition) is 2. The van der Waals surface area contributed by atoms with Crippen LogP contribution in [0.2, 0.25) is 0 Å². The summed E-state index contributed by atoms with van der Waals surface area (Å²) in [5.74, 6) is -0.521. The summed E-state index contributed by atoms with van der Waals surface area (Å²) in [5, 5.41) is 2.76. The van der Waals surface area contributed by atoms with E-state index in [0.29, 0.717) is 11.3 Å². The molecule has 0 radical (unpaired) electrons. The zero-order chi connectivity index (χ0) is 15.9. The molecule has 0 aliphatic heterocycles. The highest BCUT2D eigenvalue weighted by Crippen LogP contribution is 2.14. The summed E-state index contributed by atoms with van der Waals surface area (Å²) in [7, 11) is 0. The molecule has 0 saturated carbocycles. The zero-order valence-corrected chi connectivity index (χ0v) is 12.5. The van der Waals surface area contributed by atoms with Crippen molar-refractivity contribution in [3.8, 4) is 0 Å². The largest absolute Gasteiger partial charge is 0.325 e. The molecule has 114 valence electrons. The smallest absolute Gasteiger partial charge is 0.241 e. The minimum atomic E-state index is -0.729. The van der Waals surface area contributed by atoms with E-state index in [1.165, 1.54) is 0 Å². The van der Waals surface area contributed by atoms with Crippen molar-refractivity contribution in [2.24, 2.45) is 11.7 Å². The van der Waals surface area contributed by atoms with Gasteiger partial charge in [-0.2, -0.15) is 0 Å². The molecule has 1 amide bonds. The molecule has 0 aliphatic rings. The van der Waals surface area contributed by atoms with E-state index in [-0.39, 0.29) is 24.0 Å². The quantitative estimate of drug-likeness (QED) is 0.805. The second-order valence-electron chi connectivity index (χ2n) is 5.35. The van der Waals surface area contributed by atoms with Gasteiger partial charge < -0.3 is 11.1 Å². The Kier molecular flexibility index (Phi) is 5.44. The zero-order valence-electron chi connectivity index (χ0n) is 12.5. The number of rotatable bonds is 6. The van der Waals surface area contributed by atoms with Crippen molar-refractivity contribution in [1.29, 1.82) is 0 Å². The van der Waals surface area contributed by atoms with E-state index >= 15 is 0 Å². The van der Waals surface area contributed by atoms with Crippen molar-refractivity contribution < 1.29 is 9.59 Å². The Bertz CT molecular complexity index is 626. The molecule has 0 spiro atoms. The molecule has 0 saturated heterocycles. The third-order valence-electron chi connectivity index (χ3n) is 3.56. The molecule has 4 nitrogen and oxygen atoms in total. The predicted molar refractivity (Wildman–Crippen MR) is 87.6 cm³/mol. The molecule has 3 N–H and O–H groups in total. The first-order valence-corrected chi connectivity index (χ1v) is 7.27. The highest BCUT2D eigenvalue weighted by molar-refractivity contribution is 5.98. The van der Waals surface area contributed by atoms with Gasteiger partial charge in [0.15, 0.2) is 5.78 Å². The summed E-state index contributed by atoms with van der Waals surface area (Å²) < 4.78 is 0. The Morgan fingerprint density at radius 1 is 1.00 bits per heavy atom. The van der Waals surface area contributed by atoms with Gasteiger partial charge >= 0.3 is 0 Å². The van der Waals surface area contributed by atoms with E-state index in [2.05, 4.69) is 5.32 Å². The van der Waals surface area contributed by atoms with Crippen LogP contribution in [-0.4, -0.2) is 17.7 Å². The van der Waals surface area contributed by atoms with Crippen molar-refractivity contribution in [2.75, 3.05) is 5.32 Å². The number of benzene rings is 2. The van der Waals surface area contributed by atoms with Gasteiger partial charge in [0.05, 0.1) is 6.04 Å². The average molecular weight is 296 g/mol. The average Bonchev–Trinajstić information content (AvgIpc) is 2.55. The Hall–Kier alpha value is -2.46. The highest BCUT2D eigenvalue weighted by atomic mass is 16.2. The van der Waals surface area contributed by atoms with Gasteiger partial charge in [-0.25, -0.2) is 0 Å². The molecule has 4 heteroatoms. The molecule has 2 atom stereocenters. The first-order valence-electron chi connectivity index (χ1n) is 7.27. The van der Waals surface area contributed by atoms with E-state index in [9.17, 15) is 9.59 Å². The van der Waals surface area contributed by atoms with E-state index < -0.39 is 6.04 Å². The van der Waals surface area contributed by atoms with E-state index in [0.717, 1.165) is 0 Å². The minimum absolute atomic E-state index is 0.00365. The molecule has 0 aromatic heterocycles. The SMILES string of the molecule is CC(CC(=O)c1ccccc1)C(N)C(=O)Nc1ccccc1. The van der Waals surface area contributed by atoms with Crippen LogP contribution in [0.5, 0.6) is 0 Å². The van der Waals surface area contributed by atoms with Crippen LogP contribution >= 0.6 is 0 Å². The van der Waals surface area contributed by atoms with E-state index in [1.54, 1.807) is 24.3 Å². The summed E-state index contributed by atoms with van der Waals surface area (Å²) in [6.07, 6.45) is 0.243. The summed E-state index contributed by atoms with van der Waals surface area (Å²) in [6, 6.07) is 17.4. The maximum atomic E-state index is 12.2. The fourth-order valence-corrected chi connectivity index (χ4v) is 2.17. The number of Topliss-reactive ketones (excluding diaryl/α,β-unsaturated/α-hetero) is 1. The van der Waals surface area contributed by atoms with Crippen LogP contribution in [0.15, 0.2) is 60.7 Å². The summed E-state index contributed by atoms with van der Waals surface area (Å²) in [6.45, 7) is 1.82. The van der Waals surface area contributed by atoms with E-state index in [4.69, 9.17) is 5.73 Å². The molecule has 2 rings (SSSR count). The number of carbonyl (C=O) groups is 2. The number of hydrogen-bond acceptors (Lipinski definition) is 3.